The highest BCUT2D eigenvalue weighted by Crippen LogP contribution is 2.48. The number of rotatable bonds is 4. The fourth-order valence-electron chi connectivity index (χ4n) is 10.3. The van der Waals surface area contributed by atoms with E-state index in [0.717, 1.165) is 103 Å². The molecular weight excluding hydrogens is 660 g/mol. The van der Waals surface area contributed by atoms with Crippen LogP contribution in [0.25, 0.3) is 0 Å². The maximum absolute atomic E-state index is 11.0. The van der Waals surface area contributed by atoms with Crippen LogP contribution < -0.4 is 0 Å². The van der Waals surface area contributed by atoms with Crippen molar-refractivity contribution in [2.45, 2.75) is 220 Å². The number of hydrogen-bond acceptors (Lipinski definition) is 12. The lowest BCUT2D eigenvalue weighted by atomic mass is 9.93. The third-order valence-electron chi connectivity index (χ3n) is 13.0. The van der Waals surface area contributed by atoms with Gasteiger partial charge in [-0.05, 0) is 58.3 Å². The maximum atomic E-state index is 11.0. The Morgan fingerprint density at radius 3 is 1.65 bits per heavy atom. The molecule has 4 unspecified atom stereocenters. The van der Waals surface area contributed by atoms with Crippen LogP contribution >= 0.6 is 0 Å². The van der Waals surface area contributed by atoms with Gasteiger partial charge in [0.25, 0.3) is 0 Å². The number of aliphatic hydroxyl groups excluding tert-OH is 3. The van der Waals surface area contributed by atoms with Crippen molar-refractivity contribution in [2.24, 2.45) is 0 Å². The second kappa shape index (κ2) is 15.4. The van der Waals surface area contributed by atoms with Gasteiger partial charge in [-0.1, -0.05) is 37.8 Å². The molecule has 0 aromatic heterocycles. The molecule has 9 rings (SSSR count). The van der Waals surface area contributed by atoms with Gasteiger partial charge in [-0.2, -0.15) is 0 Å². The molecule has 5 saturated heterocycles. The van der Waals surface area contributed by atoms with Crippen molar-refractivity contribution in [1.29, 1.82) is 0 Å². The summed E-state index contributed by atoms with van der Waals surface area (Å²) < 4.78 is 55.6. The van der Waals surface area contributed by atoms with Crippen molar-refractivity contribution in [1.82, 2.24) is 0 Å². The summed E-state index contributed by atoms with van der Waals surface area (Å²) in [4.78, 5) is 0. The molecule has 51 heavy (non-hydrogen) atoms. The average molecular weight is 723 g/mol. The lowest BCUT2D eigenvalue weighted by Gasteiger charge is -2.40. The van der Waals surface area contributed by atoms with Crippen LogP contribution in [0.1, 0.15) is 135 Å². The first-order chi connectivity index (χ1) is 24.8. The molecule has 0 aromatic rings. The van der Waals surface area contributed by atoms with E-state index in [1.54, 1.807) is 0 Å². The molecule has 5 heterocycles. The van der Waals surface area contributed by atoms with Gasteiger partial charge in [-0.15, -0.1) is 0 Å². The van der Waals surface area contributed by atoms with Crippen molar-refractivity contribution in [3.8, 4) is 0 Å². The summed E-state index contributed by atoms with van der Waals surface area (Å²) in [6.07, 6.45) is 18.9. The van der Waals surface area contributed by atoms with Crippen molar-refractivity contribution < 1.29 is 58.0 Å². The Balaban J connectivity index is 0.000000147. The van der Waals surface area contributed by atoms with Crippen molar-refractivity contribution in [3.05, 3.63) is 12.2 Å². The van der Waals surface area contributed by atoms with E-state index in [1.807, 2.05) is 19.1 Å². The van der Waals surface area contributed by atoms with Crippen molar-refractivity contribution in [2.75, 3.05) is 13.2 Å². The number of fused-ring (bicyclic) bond motifs is 1. The highest BCUT2D eigenvalue weighted by atomic mass is 16.8. The number of ether oxygens (including phenoxy) is 9. The molecule has 4 spiro atoms. The van der Waals surface area contributed by atoms with Gasteiger partial charge < -0.3 is 58.0 Å². The lowest BCUT2D eigenvalue weighted by molar-refractivity contribution is -0.284. The van der Waals surface area contributed by atoms with Crippen LogP contribution in [0.5, 0.6) is 0 Å². The molecule has 0 bridgehead atoms. The van der Waals surface area contributed by atoms with Crippen molar-refractivity contribution >= 4 is 0 Å². The van der Waals surface area contributed by atoms with Gasteiger partial charge >= 0.3 is 0 Å². The van der Waals surface area contributed by atoms with E-state index < -0.39 is 60.0 Å². The third kappa shape index (κ3) is 7.61. The Bertz CT molecular complexity index is 1170. The number of hydrogen-bond donors (Lipinski definition) is 3. The fraction of sp³-hybridized carbons (Fsp3) is 0.949. The van der Waals surface area contributed by atoms with Gasteiger partial charge in [0.05, 0.1) is 13.2 Å². The molecule has 9 fully saturated rings. The second-order valence-corrected chi connectivity index (χ2v) is 16.6. The van der Waals surface area contributed by atoms with Gasteiger partial charge in [0.15, 0.2) is 29.4 Å². The average Bonchev–Trinajstić information content (AvgIpc) is 3.93. The highest BCUT2D eigenvalue weighted by Gasteiger charge is 2.61. The van der Waals surface area contributed by atoms with E-state index in [1.165, 1.54) is 25.7 Å². The fourth-order valence-corrected chi connectivity index (χ4v) is 10.3. The van der Waals surface area contributed by atoms with Crippen LogP contribution in [0.15, 0.2) is 12.2 Å². The Labute approximate surface area is 302 Å². The monoisotopic (exact) mass is 722 g/mol. The molecule has 12 heteroatoms. The van der Waals surface area contributed by atoms with E-state index >= 15 is 0 Å². The van der Waals surface area contributed by atoms with Crippen LogP contribution in [0.2, 0.25) is 0 Å². The van der Waals surface area contributed by atoms with Crippen LogP contribution in [-0.2, 0) is 42.6 Å². The molecule has 290 valence electrons. The van der Waals surface area contributed by atoms with Crippen molar-refractivity contribution in [3.63, 3.8) is 0 Å². The minimum absolute atomic E-state index is 0.218. The highest BCUT2D eigenvalue weighted by molar-refractivity contribution is 5.05. The zero-order valence-corrected chi connectivity index (χ0v) is 30.5. The van der Waals surface area contributed by atoms with Gasteiger partial charge in [0.1, 0.15) is 54.9 Å². The van der Waals surface area contributed by atoms with Gasteiger partial charge in [-0.3, -0.25) is 0 Å². The number of aliphatic hydroxyl groups is 3. The molecule has 9 aliphatic rings. The van der Waals surface area contributed by atoms with Gasteiger partial charge in [-0.25, -0.2) is 0 Å². The maximum Gasteiger partial charge on any atom is 0.184 e. The standard InChI is InChI=1S/C20H32O5.C19H30O7/c1-2-9-15-18(25-20(23-15)12-7-4-8-13-20)17(21)16-14-22-19(24-16)10-5-3-6-11-19;20-13-15-16(26-19(25-15)9-5-2-6-10-19)14(23-17(13)21)12-11-22-18(24-12)7-3-1-4-8-18/h2,9,15-18,21H,3-8,10-14H2,1H3;12-17,20-21H,1-11H2/t15-,16?,17-,18?;12?,13-,14+,15+,16?,17-/m01/s1. The molecule has 12 nitrogen and oxygen atoms in total. The van der Waals surface area contributed by atoms with Crippen LogP contribution in [-0.4, -0.2) is 113 Å². The molecule has 4 saturated carbocycles. The summed E-state index contributed by atoms with van der Waals surface area (Å²) in [5.41, 5.74) is 0. The molecule has 0 aromatic carbocycles. The van der Waals surface area contributed by atoms with E-state index in [9.17, 15) is 15.3 Å². The topological polar surface area (TPSA) is 144 Å². The Kier molecular flexibility index (Phi) is 11.2. The lowest BCUT2D eigenvalue weighted by Crippen LogP contribution is -2.60. The Morgan fingerprint density at radius 2 is 1.06 bits per heavy atom. The predicted octanol–water partition coefficient (Wildman–Crippen LogP) is 5.03. The van der Waals surface area contributed by atoms with E-state index in [0.29, 0.717) is 13.2 Å². The molecular formula is C39H62O12. The van der Waals surface area contributed by atoms with E-state index in [4.69, 9.17) is 42.6 Å². The smallest absolute Gasteiger partial charge is 0.184 e. The summed E-state index contributed by atoms with van der Waals surface area (Å²) in [7, 11) is 0. The third-order valence-corrected chi connectivity index (χ3v) is 13.0. The molecule has 10 atom stereocenters. The quantitative estimate of drug-likeness (QED) is 0.335. The van der Waals surface area contributed by atoms with E-state index in [2.05, 4.69) is 0 Å². The molecule has 0 radical (unpaired) electrons. The SMILES string of the molecule is CC=C[C@@H]1OC2(CCCCC2)OC1[C@@H](O)C1COC2(CCCCC2)O1.O[C@H]1[C@H](O)O[C@@H](C2COC3(CCCCC3)O2)C2OC3(CCCCC3)O[C@H]21. The van der Waals surface area contributed by atoms with Crippen LogP contribution in [0.4, 0.5) is 0 Å². The summed E-state index contributed by atoms with van der Waals surface area (Å²) in [6.45, 7) is 2.84. The molecule has 4 aliphatic carbocycles. The minimum Gasteiger partial charge on any atom is -0.387 e. The molecule has 3 N–H and O–H groups in total. The normalized spacial score (nSPS) is 43.1. The van der Waals surface area contributed by atoms with Gasteiger partial charge in [0, 0.05) is 51.4 Å². The largest absolute Gasteiger partial charge is 0.387 e. The zero-order chi connectivity index (χ0) is 35.1. The Hall–Kier alpha value is -0.740. The van der Waals surface area contributed by atoms with Crippen LogP contribution in [0, 0.1) is 0 Å². The van der Waals surface area contributed by atoms with Gasteiger partial charge in [0.2, 0.25) is 0 Å². The first-order valence-electron chi connectivity index (χ1n) is 20.4. The molecule has 5 aliphatic heterocycles. The van der Waals surface area contributed by atoms with E-state index in [-0.39, 0.29) is 24.4 Å². The summed E-state index contributed by atoms with van der Waals surface area (Å²) >= 11 is 0. The first-order valence-corrected chi connectivity index (χ1v) is 20.4. The minimum atomic E-state index is -1.30. The number of allylic oxidation sites excluding steroid dienone is 1. The summed E-state index contributed by atoms with van der Waals surface area (Å²) in [5.74, 6) is -2.15. The molecule has 0 amide bonds. The summed E-state index contributed by atoms with van der Waals surface area (Å²) in [5, 5.41) is 31.7. The predicted molar refractivity (Wildman–Crippen MR) is 182 cm³/mol. The zero-order valence-electron chi connectivity index (χ0n) is 30.5. The second-order valence-electron chi connectivity index (χ2n) is 16.6. The Morgan fingerprint density at radius 1 is 0.549 bits per heavy atom. The summed E-state index contributed by atoms with van der Waals surface area (Å²) in [6, 6.07) is 0. The first kappa shape index (κ1) is 37.2. The van der Waals surface area contributed by atoms with Crippen LogP contribution in [0.3, 0.4) is 0 Å².